The van der Waals surface area contributed by atoms with Gasteiger partial charge in [0.1, 0.15) is 12.1 Å². The molecular formula is C28H44N6O8S2. The summed E-state index contributed by atoms with van der Waals surface area (Å²) in [5.41, 5.74) is 22.0. The molecule has 2 aliphatic rings. The number of aromatic carboxylic acids is 2. The zero-order chi connectivity index (χ0) is 33.4. The molecule has 2 fully saturated rings. The van der Waals surface area contributed by atoms with Gasteiger partial charge >= 0.3 is 11.9 Å². The van der Waals surface area contributed by atoms with E-state index in [4.69, 9.17) is 33.1 Å². The van der Waals surface area contributed by atoms with Gasteiger partial charge in [0.15, 0.2) is 0 Å². The molecule has 1 aromatic rings. The van der Waals surface area contributed by atoms with E-state index in [9.17, 15) is 28.8 Å². The highest BCUT2D eigenvalue weighted by atomic mass is 32.2. The van der Waals surface area contributed by atoms with Crippen LogP contribution >= 0.6 is 23.5 Å². The van der Waals surface area contributed by atoms with Gasteiger partial charge in [-0.05, 0) is 80.7 Å². The zero-order valence-corrected chi connectivity index (χ0v) is 26.7. The van der Waals surface area contributed by atoms with Crippen molar-refractivity contribution in [3.05, 3.63) is 35.4 Å². The maximum absolute atomic E-state index is 11.9. The summed E-state index contributed by atoms with van der Waals surface area (Å²) >= 11 is 3.31. The van der Waals surface area contributed by atoms with Crippen LogP contribution in [0.1, 0.15) is 59.2 Å². The molecule has 2 aliphatic heterocycles. The van der Waals surface area contributed by atoms with Crippen molar-refractivity contribution in [1.29, 1.82) is 0 Å². The van der Waals surface area contributed by atoms with Gasteiger partial charge in [-0.3, -0.25) is 19.2 Å². The van der Waals surface area contributed by atoms with Gasteiger partial charge in [0.05, 0.1) is 23.2 Å². The van der Waals surface area contributed by atoms with Gasteiger partial charge in [-0.1, -0.05) is 6.07 Å². The Morgan fingerprint density at radius 2 is 1.14 bits per heavy atom. The molecule has 1 aromatic carbocycles. The Hall–Kier alpha value is -3.34. The molecule has 2 heterocycles. The Bertz CT molecular complexity index is 1070. The number of carboxylic acids is 2. The SMILES string of the molecule is CSCC[C@H](N)C(=O)N1CCCC1C(N)=O.CSCC[C@H](N)C(=O)N1CCCC1C(N)=O.O=C(O)c1cccc(C(=O)O)c1. The molecule has 0 spiro atoms. The number of hydrogen-bond donors (Lipinski definition) is 6. The van der Waals surface area contributed by atoms with Crippen molar-refractivity contribution in [3.63, 3.8) is 0 Å². The first-order valence-electron chi connectivity index (χ1n) is 14.0. The quantitative estimate of drug-likeness (QED) is 0.176. The third-order valence-corrected chi connectivity index (χ3v) is 8.27. The molecule has 0 radical (unpaired) electrons. The van der Waals surface area contributed by atoms with E-state index in [1.54, 1.807) is 23.5 Å². The number of carbonyl (C=O) groups excluding carboxylic acids is 4. The van der Waals surface area contributed by atoms with E-state index in [2.05, 4.69) is 0 Å². The van der Waals surface area contributed by atoms with Gasteiger partial charge in [-0.25, -0.2) is 9.59 Å². The van der Waals surface area contributed by atoms with E-state index in [0.29, 0.717) is 38.8 Å². The van der Waals surface area contributed by atoms with Crippen LogP contribution < -0.4 is 22.9 Å². The molecule has 0 saturated carbocycles. The molecule has 14 nitrogen and oxygen atoms in total. The zero-order valence-electron chi connectivity index (χ0n) is 25.1. The number of amides is 4. The maximum Gasteiger partial charge on any atom is 0.335 e. The molecule has 10 N–H and O–H groups in total. The smallest absolute Gasteiger partial charge is 0.335 e. The largest absolute Gasteiger partial charge is 0.478 e. The average molecular weight is 657 g/mol. The van der Waals surface area contributed by atoms with E-state index in [-0.39, 0.29) is 22.9 Å². The Morgan fingerprint density at radius 3 is 1.43 bits per heavy atom. The maximum atomic E-state index is 11.9. The van der Waals surface area contributed by atoms with E-state index >= 15 is 0 Å². The van der Waals surface area contributed by atoms with Crippen LogP contribution in [0.25, 0.3) is 0 Å². The van der Waals surface area contributed by atoms with Gasteiger partial charge in [0.2, 0.25) is 23.6 Å². The van der Waals surface area contributed by atoms with E-state index in [0.717, 1.165) is 30.4 Å². The van der Waals surface area contributed by atoms with Gasteiger partial charge in [0.25, 0.3) is 0 Å². The van der Waals surface area contributed by atoms with Gasteiger partial charge in [0, 0.05) is 13.1 Å². The van der Waals surface area contributed by atoms with Gasteiger partial charge < -0.3 is 42.9 Å². The van der Waals surface area contributed by atoms with Crippen molar-refractivity contribution >= 4 is 59.1 Å². The number of rotatable bonds is 12. The lowest BCUT2D eigenvalue weighted by atomic mass is 10.1. The molecule has 4 amide bonds. The van der Waals surface area contributed by atoms with Crippen LogP contribution in [-0.2, 0) is 19.2 Å². The van der Waals surface area contributed by atoms with Crippen LogP contribution in [0, 0.1) is 0 Å². The Labute approximate surface area is 265 Å². The van der Waals surface area contributed by atoms with E-state index in [1.165, 1.54) is 28.0 Å². The first kappa shape index (κ1) is 38.7. The van der Waals surface area contributed by atoms with Crippen LogP contribution in [0.3, 0.4) is 0 Å². The standard InChI is InChI=1S/2C10H19N3O2S.C8H6O4/c2*1-16-6-4-7(11)10(15)13-5-2-3-8(13)9(12)14;9-7(10)5-2-1-3-6(4-5)8(11)12/h2*7-8H,2-6,11H2,1H3,(H2,12,14);1-4H,(H,9,10)(H,11,12)/t2*7-,8?;/m00./s1. The van der Waals surface area contributed by atoms with Crippen LogP contribution in [0.5, 0.6) is 0 Å². The van der Waals surface area contributed by atoms with Crippen molar-refractivity contribution in [3.8, 4) is 0 Å². The first-order valence-corrected chi connectivity index (χ1v) is 16.8. The number of nitrogens with zero attached hydrogens (tertiary/aromatic N) is 2. The molecule has 16 heteroatoms. The van der Waals surface area contributed by atoms with Gasteiger partial charge in [-0.15, -0.1) is 0 Å². The highest BCUT2D eigenvalue weighted by Gasteiger charge is 2.35. The third-order valence-electron chi connectivity index (χ3n) is 6.99. The third kappa shape index (κ3) is 12.3. The fourth-order valence-corrected chi connectivity index (χ4v) is 5.58. The summed E-state index contributed by atoms with van der Waals surface area (Å²) in [6, 6.07) is 3.28. The number of carbonyl (C=O) groups is 6. The summed E-state index contributed by atoms with van der Waals surface area (Å²) in [6.07, 6.45) is 8.21. The number of hydrogen-bond acceptors (Lipinski definition) is 10. The number of likely N-dealkylation sites (tertiary alicyclic amines) is 2. The van der Waals surface area contributed by atoms with Crippen molar-refractivity contribution in [2.45, 2.75) is 62.7 Å². The highest BCUT2D eigenvalue weighted by Crippen LogP contribution is 2.19. The lowest BCUT2D eigenvalue weighted by molar-refractivity contribution is -0.138. The number of primary amides is 2. The normalized spacial score (nSPS) is 18.6. The number of nitrogens with two attached hydrogens (primary N) is 4. The summed E-state index contributed by atoms with van der Waals surface area (Å²) in [4.78, 5) is 70.0. The number of carboxylic acid groups (broad SMARTS) is 2. The van der Waals surface area contributed by atoms with Crippen LogP contribution in [0.15, 0.2) is 24.3 Å². The minimum atomic E-state index is -1.13. The van der Waals surface area contributed by atoms with Crippen LogP contribution in [0.2, 0.25) is 0 Å². The van der Waals surface area contributed by atoms with Crippen molar-refractivity contribution < 1.29 is 39.0 Å². The van der Waals surface area contributed by atoms with Gasteiger partial charge in [-0.2, -0.15) is 23.5 Å². The summed E-state index contributed by atoms with van der Waals surface area (Å²) in [6.45, 7) is 1.19. The Morgan fingerprint density at radius 1 is 0.773 bits per heavy atom. The predicted octanol–water partition coefficient (Wildman–Crippen LogP) is 0.169. The molecule has 246 valence electrons. The predicted molar refractivity (Wildman–Crippen MR) is 170 cm³/mol. The fourth-order valence-electron chi connectivity index (χ4n) is 4.60. The van der Waals surface area contributed by atoms with Crippen molar-refractivity contribution in [1.82, 2.24) is 9.80 Å². The summed E-state index contributed by atoms with van der Waals surface area (Å²) < 4.78 is 0. The highest BCUT2D eigenvalue weighted by molar-refractivity contribution is 7.98. The number of thioether (sulfide) groups is 2. The molecule has 4 atom stereocenters. The molecule has 2 unspecified atom stereocenters. The summed E-state index contributed by atoms with van der Waals surface area (Å²) in [5, 5.41) is 17.0. The second-order valence-electron chi connectivity index (χ2n) is 10.2. The van der Waals surface area contributed by atoms with Crippen LogP contribution in [-0.4, -0.2) is 117 Å². The molecule has 2 saturated heterocycles. The molecule has 0 aliphatic carbocycles. The Balaban J connectivity index is 0.000000334. The van der Waals surface area contributed by atoms with E-state index in [1.807, 2.05) is 12.5 Å². The molecule has 0 aromatic heterocycles. The summed E-state index contributed by atoms with van der Waals surface area (Å²) in [7, 11) is 0. The van der Waals surface area contributed by atoms with Crippen molar-refractivity contribution in [2.24, 2.45) is 22.9 Å². The van der Waals surface area contributed by atoms with Crippen molar-refractivity contribution in [2.75, 3.05) is 37.1 Å². The molecule has 0 bridgehead atoms. The minimum Gasteiger partial charge on any atom is -0.478 e. The van der Waals surface area contributed by atoms with Crippen LogP contribution in [0.4, 0.5) is 0 Å². The molecule has 44 heavy (non-hydrogen) atoms. The second-order valence-corrected chi connectivity index (χ2v) is 12.1. The fraction of sp³-hybridized carbons (Fsp3) is 0.571. The lowest BCUT2D eigenvalue weighted by Gasteiger charge is -2.25. The molecule has 3 rings (SSSR count). The summed E-state index contributed by atoms with van der Waals surface area (Å²) in [5.74, 6) is -1.70. The monoisotopic (exact) mass is 656 g/mol. The van der Waals surface area contributed by atoms with E-state index < -0.39 is 47.9 Å². The minimum absolute atomic E-state index is 0.0186. The molecular weight excluding hydrogens is 612 g/mol. The number of benzene rings is 1. The second kappa shape index (κ2) is 19.8. The average Bonchev–Trinajstić information content (AvgIpc) is 3.69. The topological polar surface area (TPSA) is 253 Å². The first-order chi connectivity index (χ1) is 20.8. The Kier molecular flexibility index (Phi) is 17.4. The lowest BCUT2D eigenvalue weighted by Crippen LogP contribution is -2.50.